The van der Waals surface area contributed by atoms with Gasteiger partial charge in [0, 0.05) is 7.11 Å². The molecule has 0 aromatic heterocycles. The molecule has 0 bridgehead atoms. The quantitative estimate of drug-likeness (QED) is 0.0295. The molecule has 6 aromatic carbocycles. The molecular weight excluding hydrogens is 1020 g/mol. The number of hydrogen-bond acceptors (Lipinski definition) is 11. The molecule has 8 rings (SSSR count). The fourth-order valence-electron chi connectivity index (χ4n) is 8.63. The first kappa shape index (κ1) is 52.9. The second-order valence-corrected chi connectivity index (χ2v) is 19.6. The maximum atomic E-state index is 17.0. The molecule has 2 heterocycles. The van der Waals surface area contributed by atoms with E-state index in [2.05, 4.69) is 22.6 Å². The molecule has 2 saturated heterocycles. The summed E-state index contributed by atoms with van der Waals surface area (Å²) in [5.41, 5.74) is 5.74. The van der Waals surface area contributed by atoms with Gasteiger partial charge in [0.05, 0.1) is 56.8 Å². The van der Waals surface area contributed by atoms with Crippen LogP contribution < -0.4 is 0 Å². The second kappa shape index (κ2) is 28.1. The summed E-state index contributed by atoms with van der Waals surface area (Å²) in [5, 5.41) is 0. The third-order valence-corrected chi connectivity index (χ3v) is 12.9. The molecule has 12 atom stereocenters. The van der Waals surface area contributed by atoms with E-state index >= 15 is 4.39 Å². The fraction of sp³-hybridized carbons (Fsp3) is 0.379. The Morgan fingerprint density at radius 1 is 0.437 bits per heavy atom. The zero-order valence-corrected chi connectivity index (χ0v) is 42.3. The zero-order chi connectivity index (χ0) is 49.0. The second-order valence-electron chi connectivity index (χ2n) is 17.6. The van der Waals surface area contributed by atoms with Crippen molar-refractivity contribution in [2.24, 2.45) is 0 Å². The van der Waals surface area contributed by atoms with E-state index in [1.165, 1.54) is 0 Å². The van der Waals surface area contributed by atoms with Crippen molar-refractivity contribution in [3.8, 4) is 0 Å². The standard InChI is InChI=1S/C58H64FIO11/c1-41(60)57(71-54-52(65-36-45-27-15-6-16-28-45)50(63-34-43-23-11-4-12-24-43)48(69-56(54)59)39-62-33-42-21-9-3-10-22-42)68-40-49-51(64-35-44-25-13-5-14-26-44)53(66-37-46-29-17-7-18-30-46)55(58(61-2)70-49)67-38-47-31-19-8-20-32-47/h3-32,41,48-58H,33-40H2,1-2H3/t41?,48-,49-,50-,51-,52+,53+,54+,55+,56+,57?,58+/m1/s1. The number of hydrogen-bond donors (Lipinski definition) is 0. The first-order valence-electron chi connectivity index (χ1n) is 24.2. The first-order valence-corrected chi connectivity index (χ1v) is 25.4. The average Bonchev–Trinajstić information content (AvgIpc) is 3.41. The number of halogens is 2. The van der Waals surface area contributed by atoms with E-state index in [0.717, 1.165) is 33.4 Å². The minimum atomic E-state index is -1.94. The van der Waals surface area contributed by atoms with Gasteiger partial charge in [-0.05, 0) is 40.3 Å². The highest BCUT2D eigenvalue weighted by Crippen LogP contribution is 2.35. The Kier molecular flexibility index (Phi) is 20.9. The summed E-state index contributed by atoms with van der Waals surface area (Å²) in [7, 11) is 1.58. The van der Waals surface area contributed by atoms with Crippen LogP contribution in [0.25, 0.3) is 0 Å². The van der Waals surface area contributed by atoms with E-state index < -0.39 is 67.8 Å². The molecule has 2 aliphatic rings. The predicted octanol–water partition coefficient (Wildman–Crippen LogP) is 10.7. The molecule has 2 fully saturated rings. The Labute approximate surface area is 430 Å². The molecule has 71 heavy (non-hydrogen) atoms. The molecule has 13 heteroatoms. The van der Waals surface area contributed by atoms with Crippen molar-refractivity contribution in [2.75, 3.05) is 20.3 Å². The number of alkyl halides is 2. The largest absolute Gasteiger partial charge is 0.374 e. The van der Waals surface area contributed by atoms with Crippen molar-refractivity contribution in [1.29, 1.82) is 0 Å². The van der Waals surface area contributed by atoms with Crippen molar-refractivity contribution in [2.45, 2.75) is 118 Å². The fourth-order valence-corrected chi connectivity index (χ4v) is 9.01. The molecule has 0 spiro atoms. The molecule has 2 aliphatic heterocycles. The van der Waals surface area contributed by atoms with Crippen LogP contribution in [0, 0.1) is 0 Å². The maximum absolute atomic E-state index is 17.0. The topological polar surface area (TPSA) is 102 Å². The number of ether oxygens (including phenoxy) is 11. The maximum Gasteiger partial charge on any atom is 0.228 e. The van der Waals surface area contributed by atoms with Crippen molar-refractivity contribution >= 4 is 22.6 Å². The van der Waals surface area contributed by atoms with Gasteiger partial charge in [-0.3, -0.25) is 0 Å². The Morgan fingerprint density at radius 3 is 1.15 bits per heavy atom. The summed E-state index contributed by atoms with van der Waals surface area (Å²) in [6.45, 7) is 3.45. The van der Waals surface area contributed by atoms with Crippen molar-refractivity contribution in [3.63, 3.8) is 0 Å². The van der Waals surface area contributed by atoms with Crippen molar-refractivity contribution < 1.29 is 56.5 Å². The van der Waals surface area contributed by atoms with Gasteiger partial charge in [-0.2, -0.15) is 0 Å². The lowest BCUT2D eigenvalue weighted by molar-refractivity contribution is -0.339. The average molecular weight is 1080 g/mol. The van der Waals surface area contributed by atoms with E-state index in [0.29, 0.717) is 6.61 Å². The van der Waals surface area contributed by atoms with Gasteiger partial charge in [0.15, 0.2) is 12.6 Å². The van der Waals surface area contributed by atoms with Crippen LogP contribution in [0.3, 0.4) is 0 Å². The summed E-state index contributed by atoms with van der Waals surface area (Å²) in [6.07, 6.45) is -10.6. The Morgan fingerprint density at radius 2 is 0.775 bits per heavy atom. The summed E-state index contributed by atoms with van der Waals surface area (Å²) in [6, 6.07) is 59.1. The highest BCUT2D eigenvalue weighted by molar-refractivity contribution is 14.1. The van der Waals surface area contributed by atoms with Gasteiger partial charge in [-0.1, -0.05) is 205 Å². The van der Waals surface area contributed by atoms with Crippen LogP contribution in [-0.4, -0.2) is 92.0 Å². The first-order chi connectivity index (χ1) is 34.9. The third kappa shape index (κ3) is 15.8. The molecular formula is C58H64FIO11. The van der Waals surface area contributed by atoms with Gasteiger partial charge >= 0.3 is 0 Å². The summed E-state index contributed by atoms with van der Waals surface area (Å²) in [4.78, 5) is 0. The highest BCUT2D eigenvalue weighted by atomic mass is 127. The van der Waals surface area contributed by atoms with Gasteiger partial charge in [0.25, 0.3) is 0 Å². The summed E-state index contributed by atoms with van der Waals surface area (Å²) in [5.74, 6) is 0. The number of benzene rings is 6. The Bertz CT molecular complexity index is 2360. The molecule has 2 unspecified atom stereocenters. The van der Waals surface area contributed by atoms with Crippen molar-refractivity contribution in [1.82, 2.24) is 0 Å². The van der Waals surface area contributed by atoms with Crippen molar-refractivity contribution in [3.05, 3.63) is 215 Å². The normalized spacial score (nSPS) is 25.4. The molecule has 0 radical (unpaired) electrons. The summed E-state index contributed by atoms with van der Waals surface area (Å²) >= 11 is 2.24. The molecule has 0 saturated carbocycles. The van der Waals surface area contributed by atoms with Crippen LogP contribution in [0.1, 0.15) is 40.3 Å². The van der Waals surface area contributed by atoms with Crippen LogP contribution in [0.5, 0.6) is 0 Å². The lowest BCUT2D eigenvalue weighted by Gasteiger charge is -2.46. The summed E-state index contributed by atoms with van der Waals surface area (Å²) < 4.78 is 89.1. The van der Waals surface area contributed by atoms with E-state index in [9.17, 15) is 0 Å². The molecule has 6 aromatic rings. The molecule has 0 aliphatic carbocycles. The molecule has 376 valence electrons. The highest BCUT2D eigenvalue weighted by Gasteiger charge is 2.52. The molecule has 11 nitrogen and oxygen atoms in total. The zero-order valence-electron chi connectivity index (χ0n) is 40.2. The van der Waals surface area contributed by atoms with Crippen LogP contribution in [0.15, 0.2) is 182 Å². The predicted molar refractivity (Wildman–Crippen MR) is 275 cm³/mol. The van der Waals surface area contributed by atoms with E-state index in [1.54, 1.807) is 7.11 Å². The van der Waals surface area contributed by atoms with Gasteiger partial charge in [0.1, 0.15) is 48.8 Å². The van der Waals surface area contributed by atoms with Crippen LogP contribution in [-0.2, 0) is 91.7 Å². The van der Waals surface area contributed by atoms with Gasteiger partial charge < -0.3 is 52.1 Å². The Hall–Kier alpha value is -4.46. The number of methoxy groups -OCH3 is 1. The lowest BCUT2D eigenvalue weighted by atomic mass is 9.97. The van der Waals surface area contributed by atoms with E-state index in [-0.39, 0.29) is 50.2 Å². The van der Waals surface area contributed by atoms with Gasteiger partial charge in [-0.25, -0.2) is 4.39 Å². The third-order valence-electron chi connectivity index (χ3n) is 12.3. The molecule has 0 amide bonds. The van der Waals surface area contributed by atoms with E-state index in [1.807, 2.05) is 189 Å². The van der Waals surface area contributed by atoms with E-state index in [4.69, 9.17) is 52.1 Å². The minimum Gasteiger partial charge on any atom is -0.374 e. The van der Waals surface area contributed by atoms with Crippen LogP contribution in [0.2, 0.25) is 0 Å². The number of rotatable bonds is 26. The molecule has 0 N–H and O–H groups in total. The SMILES string of the molecule is CO[C@H]1O[C@H](COC(O[C@H]2[C@@H](OCc3ccccc3)[C@H](OCc3ccccc3)[C@@H](COCc3ccccc3)O[C@@H]2F)C(C)I)[C@@H](OCc2ccccc2)[C@H](OCc2ccccc2)[C@@H]1OCc1ccccc1. The smallest absolute Gasteiger partial charge is 0.228 e. The monoisotopic (exact) mass is 1080 g/mol. The lowest BCUT2D eigenvalue weighted by Crippen LogP contribution is -2.62. The van der Waals surface area contributed by atoms with Crippen LogP contribution >= 0.6 is 22.6 Å². The van der Waals surface area contributed by atoms with Crippen LogP contribution in [0.4, 0.5) is 4.39 Å². The Balaban J connectivity index is 1.05. The van der Waals surface area contributed by atoms with Gasteiger partial charge in [-0.15, -0.1) is 0 Å². The minimum absolute atomic E-state index is 0.0438. The van der Waals surface area contributed by atoms with Gasteiger partial charge in [0.2, 0.25) is 6.36 Å².